The van der Waals surface area contributed by atoms with Gasteiger partial charge in [-0.05, 0) is 30.7 Å². The quantitative estimate of drug-likeness (QED) is 0.576. The molecule has 0 spiro atoms. The van der Waals surface area contributed by atoms with E-state index in [1.807, 2.05) is 17.5 Å². The fourth-order valence-corrected chi connectivity index (χ4v) is 2.87. The lowest BCUT2D eigenvalue weighted by Gasteiger charge is -2.03. The standard InChI is InChI=1S/C19H15F2NOS/c1-13-2-7-15(8-3-13)17-12-24-18(22-17)11-6-14-4-9-16(10-5-14)23-19(20)21/h2-12,19H,1H3. The molecule has 0 saturated heterocycles. The van der Waals surface area contributed by atoms with Crippen LogP contribution < -0.4 is 4.74 Å². The molecule has 2 nitrogen and oxygen atoms in total. The van der Waals surface area contributed by atoms with Gasteiger partial charge in [0.15, 0.2) is 0 Å². The van der Waals surface area contributed by atoms with Gasteiger partial charge >= 0.3 is 6.61 Å². The Hall–Kier alpha value is -2.53. The van der Waals surface area contributed by atoms with E-state index in [9.17, 15) is 8.78 Å². The predicted molar refractivity (Wildman–Crippen MR) is 94.3 cm³/mol. The zero-order chi connectivity index (χ0) is 16.9. The van der Waals surface area contributed by atoms with Gasteiger partial charge in [-0.2, -0.15) is 8.78 Å². The molecule has 1 aromatic heterocycles. The normalized spacial score (nSPS) is 11.3. The molecule has 0 bridgehead atoms. The largest absolute Gasteiger partial charge is 0.435 e. The Bertz CT molecular complexity index is 823. The van der Waals surface area contributed by atoms with E-state index in [4.69, 9.17) is 0 Å². The van der Waals surface area contributed by atoms with Crippen molar-refractivity contribution in [1.82, 2.24) is 4.98 Å². The Labute approximate surface area is 143 Å². The van der Waals surface area contributed by atoms with Crippen LogP contribution in [0, 0.1) is 6.92 Å². The number of alkyl halides is 2. The molecule has 24 heavy (non-hydrogen) atoms. The highest BCUT2D eigenvalue weighted by molar-refractivity contribution is 7.10. The lowest BCUT2D eigenvalue weighted by atomic mass is 10.1. The summed E-state index contributed by atoms with van der Waals surface area (Å²) in [6, 6.07) is 14.7. The van der Waals surface area contributed by atoms with Crippen molar-refractivity contribution in [1.29, 1.82) is 0 Å². The topological polar surface area (TPSA) is 22.1 Å². The van der Waals surface area contributed by atoms with E-state index >= 15 is 0 Å². The number of halogens is 2. The van der Waals surface area contributed by atoms with Gasteiger partial charge < -0.3 is 4.74 Å². The number of hydrogen-bond donors (Lipinski definition) is 0. The van der Waals surface area contributed by atoms with Crippen molar-refractivity contribution in [2.45, 2.75) is 13.5 Å². The molecular weight excluding hydrogens is 328 g/mol. The average Bonchev–Trinajstić information content (AvgIpc) is 3.03. The zero-order valence-electron chi connectivity index (χ0n) is 12.9. The third-order valence-electron chi connectivity index (χ3n) is 3.39. The van der Waals surface area contributed by atoms with E-state index in [0.29, 0.717) is 0 Å². The fourth-order valence-electron chi connectivity index (χ4n) is 2.15. The highest BCUT2D eigenvalue weighted by Crippen LogP contribution is 2.24. The number of rotatable bonds is 5. The van der Waals surface area contributed by atoms with E-state index in [2.05, 4.69) is 40.9 Å². The minimum absolute atomic E-state index is 0.151. The monoisotopic (exact) mass is 343 g/mol. The van der Waals surface area contributed by atoms with Gasteiger partial charge in [-0.1, -0.05) is 48.0 Å². The Morgan fingerprint density at radius 3 is 2.38 bits per heavy atom. The van der Waals surface area contributed by atoms with Gasteiger partial charge in [0.25, 0.3) is 0 Å². The van der Waals surface area contributed by atoms with Gasteiger partial charge in [0.05, 0.1) is 5.69 Å². The van der Waals surface area contributed by atoms with Crippen LogP contribution in [-0.2, 0) is 0 Å². The first-order valence-electron chi connectivity index (χ1n) is 7.36. The molecule has 0 unspecified atom stereocenters. The van der Waals surface area contributed by atoms with Crippen LogP contribution in [0.2, 0.25) is 0 Å². The Morgan fingerprint density at radius 2 is 1.71 bits per heavy atom. The molecule has 5 heteroatoms. The average molecular weight is 343 g/mol. The molecule has 0 aliphatic carbocycles. The molecule has 0 saturated carbocycles. The van der Waals surface area contributed by atoms with Crippen LogP contribution in [0.4, 0.5) is 8.78 Å². The summed E-state index contributed by atoms with van der Waals surface area (Å²) in [5.74, 6) is 0.151. The summed E-state index contributed by atoms with van der Waals surface area (Å²) < 4.78 is 28.5. The molecular formula is C19H15F2NOS. The molecule has 1 heterocycles. The number of thiazole rings is 1. The molecule has 122 valence electrons. The summed E-state index contributed by atoms with van der Waals surface area (Å²) in [5.41, 5.74) is 4.14. The van der Waals surface area contributed by atoms with Gasteiger partial charge in [-0.3, -0.25) is 0 Å². The highest BCUT2D eigenvalue weighted by Gasteiger charge is 2.04. The van der Waals surface area contributed by atoms with Gasteiger partial charge in [0.2, 0.25) is 0 Å². The van der Waals surface area contributed by atoms with Crippen molar-refractivity contribution >= 4 is 23.5 Å². The van der Waals surface area contributed by atoms with Crippen molar-refractivity contribution in [3.05, 3.63) is 70.0 Å². The van der Waals surface area contributed by atoms with Gasteiger partial charge in [-0.25, -0.2) is 4.98 Å². The van der Waals surface area contributed by atoms with Crippen molar-refractivity contribution in [2.75, 3.05) is 0 Å². The van der Waals surface area contributed by atoms with Crippen LogP contribution in [0.5, 0.6) is 5.75 Å². The molecule has 3 aromatic rings. The van der Waals surface area contributed by atoms with Crippen LogP contribution in [-0.4, -0.2) is 11.6 Å². The third-order valence-corrected chi connectivity index (χ3v) is 4.20. The Morgan fingerprint density at radius 1 is 1.00 bits per heavy atom. The molecule has 0 fully saturated rings. The van der Waals surface area contributed by atoms with Gasteiger partial charge in [-0.15, -0.1) is 11.3 Å². The second kappa shape index (κ2) is 7.36. The number of hydrogen-bond acceptors (Lipinski definition) is 3. The smallest absolute Gasteiger partial charge is 0.387 e. The first-order valence-corrected chi connectivity index (χ1v) is 8.24. The Kier molecular flexibility index (Phi) is 5.01. The number of nitrogens with zero attached hydrogens (tertiary/aromatic N) is 1. The molecule has 3 rings (SSSR count). The Balaban J connectivity index is 1.70. The fraction of sp³-hybridized carbons (Fsp3) is 0.105. The van der Waals surface area contributed by atoms with E-state index in [1.165, 1.54) is 17.7 Å². The van der Waals surface area contributed by atoms with E-state index in [0.717, 1.165) is 21.8 Å². The zero-order valence-corrected chi connectivity index (χ0v) is 13.8. The maximum atomic E-state index is 12.1. The number of aromatic nitrogens is 1. The van der Waals surface area contributed by atoms with E-state index in [-0.39, 0.29) is 5.75 Å². The molecule has 0 radical (unpaired) electrons. The molecule has 0 aliphatic rings. The van der Waals surface area contributed by atoms with Crippen molar-refractivity contribution in [3.8, 4) is 17.0 Å². The predicted octanol–water partition coefficient (Wildman–Crippen LogP) is 5.89. The van der Waals surface area contributed by atoms with Gasteiger partial charge in [0.1, 0.15) is 10.8 Å². The molecule has 0 amide bonds. The SMILES string of the molecule is Cc1ccc(-c2csc(C=Cc3ccc(OC(F)F)cc3)n2)cc1. The summed E-state index contributed by atoms with van der Waals surface area (Å²) >= 11 is 1.56. The highest BCUT2D eigenvalue weighted by atomic mass is 32.1. The lowest BCUT2D eigenvalue weighted by molar-refractivity contribution is -0.0498. The summed E-state index contributed by atoms with van der Waals surface area (Å²) in [7, 11) is 0. The summed E-state index contributed by atoms with van der Waals surface area (Å²) in [6.07, 6.45) is 3.80. The molecule has 0 N–H and O–H groups in total. The third kappa shape index (κ3) is 4.26. The van der Waals surface area contributed by atoms with Crippen molar-refractivity contribution in [3.63, 3.8) is 0 Å². The van der Waals surface area contributed by atoms with E-state index < -0.39 is 6.61 Å². The van der Waals surface area contributed by atoms with Crippen LogP contribution in [0.1, 0.15) is 16.1 Å². The maximum absolute atomic E-state index is 12.1. The summed E-state index contributed by atoms with van der Waals surface area (Å²) in [6.45, 7) is -0.752. The molecule has 0 aliphatic heterocycles. The van der Waals surface area contributed by atoms with Crippen LogP contribution in [0.15, 0.2) is 53.9 Å². The van der Waals surface area contributed by atoms with Crippen LogP contribution in [0.3, 0.4) is 0 Å². The second-order valence-corrected chi connectivity index (χ2v) is 6.11. The lowest BCUT2D eigenvalue weighted by Crippen LogP contribution is -2.01. The van der Waals surface area contributed by atoms with Crippen LogP contribution >= 0.6 is 11.3 Å². The summed E-state index contributed by atoms with van der Waals surface area (Å²) in [5, 5.41) is 2.91. The number of benzene rings is 2. The van der Waals surface area contributed by atoms with E-state index in [1.54, 1.807) is 23.5 Å². The van der Waals surface area contributed by atoms with Crippen LogP contribution in [0.25, 0.3) is 23.4 Å². The minimum atomic E-state index is -2.80. The first kappa shape index (κ1) is 16.3. The maximum Gasteiger partial charge on any atom is 0.387 e. The molecule has 0 atom stereocenters. The summed E-state index contributed by atoms with van der Waals surface area (Å²) in [4.78, 5) is 4.59. The number of ether oxygens (including phenoxy) is 1. The minimum Gasteiger partial charge on any atom is -0.435 e. The van der Waals surface area contributed by atoms with Crippen molar-refractivity contribution < 1.29 is 13.5 Å². The van der Waals surface area contributed by atoms with Gasteiger partial charge in [0, 0.05) is 10.9 Å². The second-order valence-electron chi connectivity index (χ2n) is 5.22. The van der Waals surface area contributed by atoms with Crippen molar-refractivity contribution in [2.24, 2.45) is 0 Å². The number of aryl methyl sites for hydroxylation is 1. The first-order chi connectivity index (χ1) is 11.6. The molecule has 2 aromatic carbocycles.